The van der Waals surface area contributed by atoms with Crippen LogP contribution in [0, 0.1) is 0 Å². The van der Waals surface area contributed by atoms with Gasteiger partial charge in [-0.25, -0.2) is 4.79 Å². The second kappa shape index (κ2) is 13.8. The highest BCUT2D eigenvalue weighted by Gasteiger charge is 2.22. The van der Waals surface area contributed by atoms with Crippen molar-refractivity contribution in [2.45, 2.75) is 33.3 Å². The summed E-state index contributed by atoms with van der Waals surface area (Å²) in [5.41, 5.74) is 0.959. The molecule has 0 bridgehead atoms. The first-order valence-corrected chi connectivity index (χ1v) is 10.9. The number of carbonyl (C=O) groups is 1. The number of hydrogen-bond donors (Lipinski definition) is 2. The largest absolute Gasteiger partial charge is 0.445 e. The van der Waals surface area contributed by atoms with Crippen molar-refractivity contribution < 1.29 is 23.1 Å². The molecule has 0 saturated carbocycles. The van der Waals surface area contributed by atoms with Gasteiger partial charge >= 0.3 is 13.7 Å². The van der Waals surface area contributed by atoms with Gasteiger partial charge < -0.3 is 24.4 Å². The van der Waals surface area contributed by atoms with Crippen molar-refractivity contribution in [3.63, 3.8) is 0 Å². The van der Waals surface area contributed by atoms with E-state index in [0.717, 1.165) is 25.1 Å². The molecule has 1 aromatic carbocycles. The zero-order valence-electron chi connectivity index (χ0n) is 15.7. The fourth-order valence-corrected chi connectivity index (χ4v) is 3.93. The minimum atomic E-state index is -2.94. The molecule has 0 heterocycles. The zero-order valence-corrected chi connectivity index (χ0v) is 16.6. The lowest BCUT2D eigenvalue weighted by atomic mass is 10.2. The molecule has 1 aromatic rings. The summed E-state index contributed by atoms with van der Waals surface area (Å²) in [4.78, 5) is 11.6. The Labute approximate surface area is 156 Å². The van der Waals surface area contributed by atoms with Gasteiger partial charge in [-0.15, -0.1) is 0 Å². The maximum absolute atomic E-state index is 12.3. The van der Waals surface area contributed by atoms with Gasteiger partial charge in [-0.2, -0.15) is 0 Å². The van der Waals surface area contributed by atoms with Crippen molar-refractivity contribution in [2.24, 2.45) is 0 Å². The van der Waals surface area contributed by atoms with E-state index in [2.05, 4.69) is 10.6 Å². The van der Waals surface area contributed by atoms with Crippen LogP contribution >= 0.6 is 7.60 Å². The van der Waals surface area contributed by atoms with Gasteiger partial charge in [0.15, 0.2) is 0 Å². The van der Waals surface area contributed by atoms with Crippen molar-refractivity contribution in [2.75, 3.05) is 39.0 Å². The Balaban J connectivity index is 2.00. The zero-order chi connectivity index (χ0) is 19.1. The van der Waals surface area contributed by atoms with Gasteiger partial charge in [-0.3, -0.25) is 4.57 Å². The van der Waals surface area contributed by atoms with Gasteiger partial charge in [0, 0.05) is 6.54 Å². The number of benzene rings is 1. The van der Waals surface area contributed by atoms with Gasteiger partial charge in [0.1, 0.15) is 6.61 Å². The maximum atomic E-state index is 12.3. The van der Waals surface area contributed by atoms with Gasteiger partial charge in [0.2, 0.25) is 0 Å². The van der Waals surface area contributed by atoms with E-state index < -0.39 is 13.7 Å². The van der Waals surface area contributed by atoms with Crippen LogP contribution in [-0.4, -0.2) is 45.1 Å². The van der Waals surface area contributed by atoms with E-state index in [1.165, 1.54) is 0 Å². The van der Waals surface area contributed by atoms with E-state index in [4.69, 9.17) is 13.8 Å². The molecule has 0 aliphatic heterocycles. The molecule has 148 valence electrons. The fourth-order valence-electron chi connectivity index (χ4n) is 2.26. The highest BCUT2D eigenvalue weighted by atomic mass is 31.2. The third-order valence-corrected chi connectivity index (χ3v) is 5.62. The van der Waals surface area contributed by atoms with Crippen LogP contribution < -0.4 is 10.6 Å². The number of hydrogen-bond acceptors (Lipinski definition) is 6. The highest BCUT2D eigenvalue weighted by Crippen LogP contribution is 2.48. The number of amides is 1. The monoisotopic (exact) mass is 386 g/mol. The Morgan fingerprint density at radius 1 is 1.00 bits per heavy atom. The Bertz CT molecular complexity index is 532. The normalized spacial score (nSPS) is 11.3. The topological polar surface area (TPSA) is 85.9 Å². The van der Waals surface area contributed by atoms with Crippen molar-refractivity contribution in [3.8, 4) is 0 Å². The standard InChI is InChI=1S/C18H31N2O5P/c1-3-24-26(22,25-4-2)15-9-13-19-12-8-14-20-18(21)23-16-17-10-6-5-7-11-17/h5-7,10-11,19H,3-4,8-9,12-16H2,1-2H3,(H,20,21). The van der Waals surface area contributed by atoms with Crippen molar-refractivity contribution in [1.82, 2.24) is 10.6 Å². The van der Waals surface area contributed by atoms with Crippen LogP contribution in [0.3, 0.4) is 0 Å². The molecule has 26 heavy (non-hydrogen) atoms. The Morgan fingerprint density at radius 3 is 2.31 bits per heavy atom. The first kappa shape index (κ1) is 22.6. The molecule has 0 aliphatic rings. The molecule has 0 aliphatic carbocycles. The lowest BCUT2D eigenvalue weighted by Crippen LogP contribution is -2.28. The molecule has 7 nitrogen and oxygen atoms in total. The molecular weight excluding hydrogens is 355 g/mol. The second-order valence-corrected chi connectivity index (χ2v) is 7.80. The molecule has 8 heteroatoms. The molecule has 0 fully saturated rings. The first-order chi connectivity index (χ1) is 12.6. The molecule has 1 rings (SSSR count). The average Bonchev–Trinajstić information content (AvgIpc) is 2.63. The van der Waals surface area contributed by atoms with Crippen LogP contribution in [0.1, 0.15) is 32.3 Å². The van der Waals surface area contributed by atoms with Crippen LogP contribution in [-0.2, 0) is 25.0 Å². The van der Waals surface area contributed by atoms with E-state index in [1.807, 2.05) is 44.2 Å². The third-order valence-electron chi connectivity index (χ3n) is 3.45. The molecule has 0 atom stereocenters. The minimum Gasteiger partial charge on any atom is -0.445 e. The van der Waals surface area contributed by atoms with Crippen LogP contribution in [0.5, 0.6) is 0 Å². The number of alkyl carbamates (subject to hydrolysis) is 1. The van der Waals surface area contributed by atoms with E-state index in [9.17, 15) is 9.36 Å². The summed E-state index contributed by atoms with van der Waals surface area (Å²) in [6.45, 7) is 6.67. The SMILES string of the molecule is CCOP(=O)(CCCNCCCNC(=O)OCc1ccccc1)OCC. The van der Waals surface area contributed by atoms with Crippen LogP contribution in [0.15, 0.2) is 30.3 Å². The summed E-state index contributed by atoms with van der Waals surface area (Å²) in [7, 11) is -2.94. The van der Waals surface area contributed by atoms with Gasteiger partial charge in [-0.05, 0) is 45.3 Å². The quantitative estimate of drug-likeness (QED) is 0.376. The summed E-state index contributed by atoms with van der Waals surface area (Å²) in [6.07, 6.45) is 1.49. The van der Waals surface area contributed by atoms with Gasteiger partial charge in [0.05, 0.1) is 19.4 Å². The number of carbonyl (C=O) groups excluding carboxylic acids is 1. The second-order valence-electron chi connectivity index (χ2n) is 5.62. The number of ether oxygens (including phenoxy) is 1. The Kier molecular flexibility index (Phi) is 12.0. The lowest BCUT2D eigenvalue weighted by molar-refractivity contribution is 0.139. The van der Waals surface area contributed by atoms with Crippen molar-refractivity contribution >= 4 is 13.7 Å². The highest BCUT2D eigenvalue weighted by molar-refractivity contribution is 7.53. The summed E-state index contributed by atoms with van der Waals surface area (Å²) in [5, 5.41) is 5.97. The van der Waals surface area contributed by atoms with Crippen LogP contribution in [0.4, 0.5) is 4.79 Å². The predicted octanol–water partition coefficient (Wildman–Crippen LogP) is 3.55. The molecule has 0 radical (unpaired) electrons. The van der Waals surface area contributed by atoms with E-state index in [1.54, 1.807) is 0 Å². The summed E-state index contributed by atoms with van der Waals surface area (Å²) in [6, 6.07) is 9.55. The smallest absolute Gasteiger partial charge is 0.407 e. The number of nitrogens with one attached hydrogen (secondary N) is 2. The minimum absolute atomic E-state index is 0.268. The molecule has 2 N–H and O–H groups in total. The van der Waals surface area contributed by atoms with Gasteiger partial charge in [0.25, 0.3) is 0 Å². The first-order valence-electron chi connectivity index (χ1n) is 9.13. The predicted molar refractivity (Wildman–Crippen MR) is 102 cm³/mol. The summed E-state index contributed by atoms with van der Waals surface area (Å²) >= 11 is 0. The van der Waals surface area contributed by atoms with E-state index >= 15 is 0 Å². The lowest BCUT2D eigenvalue weighted by Gasteiger charge is -2.16. The summed E-state index contributed by atoms with van der Waals surface area (Å²) < 4.78 is 27.9. The van der Waals surface area contributed by atoms with Crippen molar-refractivity contribution in [3.05, 3.63) is 35.9 Å². The van der Waals surface area contributed by atoms with Crippen molar-refractivity contribution in [1.29, 1.82) is 0 Å². The number of rotatable bonds is 14. The maximum Gasteiger partial charge on any atom is 0.407 e. The Morgan fingerprint density at radius 2 is 1.65 bits per heavy atom. The average molecular weight is 386 g/mol. The fraction of sp³-hybridized carbons (Fsp3) is 0.611. The van der Waals surface area contributed by atoms with Gasteiger partial charge in [-0.1, -0.05) is 30.3 Å². The molecule has 0 aromatic heterocycles. The van der Waals surface area contributed by atoms with Crippen LogP contribution in [0.25, 0.3) is 0 Å². The Hall–Kier alpha value is -1.40. The molecular formula is C18H31N2O5P. The molecule has 0 unspecified atom stereocenters. The van der Waals surface area contributed by atoms with E-state index in [0.29, 0.717) is 32.3 Å². The third kappa shape index (κ3) is 10.6. The molecule has 0 spiro atoms. The molecule has 1 amide bonds. The summed E-state index contributed by atoms with van der Waals surface area (Å²) in [5.74, 6) is 0. The van der Waals surface area contributed by atoms with Crippen LogP contribution in [0.2, 0.25) is 0 Å². The van der Waals surface area contributed by atoms with E-state index in [-0.39, 0.29) is 6.61 Å². The molecule has 0 saturated heterocycles.